The fraction of sp³-hybridized carbons (Fsp3) is 0.267. The quantitative estimate of drug-likeness (QED) is 0.884. The Labute approximate surface area is 133 Å². The highest BCUT2D eigenvalue weighted by molar-refractivity contribution is 9.10. The monoisotopic (exact) mass is 353 g/mol. The van der Waals surface area contributed by atoms with Crippen molar-refractivity contribution in [1.82, 2.24) is 10.3 Å². The van der Waals surface area contributed by atoms with Crippen LogP contribution < -0.4 is 10.2 Å². The molecule has 20 heavy (non-hydrogen) atoms. The summed E-state index contributed by atoms with van der Waals surface area (Å²) in [5.74, 6) is 0.916. The first-order valence-corrected chi connectivity index (χ1v) is 7.52. The zero-order valence-electron chi connectivity index (χ0n) is 11.5. The number of pyridine rings is 1. The van der Waals surface area contributed by atoms with Gasteiger partial charge >= 0.3 is 0 Å². The number of nitrogens with zero attached hydrogens (tertiary/aromatic N) is 2. The number of nitrogens with one attached hydrogen (secondary N) is 1. The molecule has 0 saturated heterocycles. The lowest BCUT2D eigenvalue weighted by molar-refractivity contribution is 0.811. The summed E-state index contributed by atoms with van der Waals surface area (Å²) in [6.45, 7) is 1.53. The number of aromatic nitrogens is 1. The molecule has 1 aromatic heterocycles. The van der Waals surface area contributed by atoms with Crippen LogP contribution >= 0.6 is 27.5 Å². The number of benzene rings is 1. The van der Waals surface area contributed by atoms with Crippen molar-refractivity contribution >= 4 is 33.3 Å². The highest BCUT2D eigenvalue weighted by Gasteiger charge is 2.07. The number of hydrogen-bond donors (Lipinski definition) is 1. The Kier molecular flexibility index (Phi) is 5.40. The molecule has 0 aliphatic rings. The summed E-state index contributed by atoms with van der Waals surface area (Å²) in [6, 6.07) is 10.3. The van der Waals surface area contributed by atoms with Gasteiger partial charge in [-0.05, 0) is 36.4 Å². The molecule has 106 valence electrons. The standard InChI is InChI=1S/C15H17BrClN3/c1-18-8-12-7-15(19-9-14(12)17)20(2)10-11-4-3-5-13(16)6-11/h3-7,9,18H,8,10H2,1-2H3. The molecule has 0 bridgehead atoms. The van der Waals surface area contributed by atoms with Gasteiger partial charge in [0.25, 0.3) is 0 Å². The van der Waals surface area contributed by atoms with E-state index in [4.69, 9.17) is 11.6 Å². The first-order valence-electron chi connectivity index (χ1n) is 6.34. The molecule has 3 nitrogen and oxygen atoms in total. The average molecular weight is 355 g/mol. The Bertz CT molecular complexity index is 589. The molecule has 2 aromatic rings. The fourth-order valence-corrected chi connectivity index (χ4v) is 2.61. The van der Waals surface area contributed by atoms with Crippen LogP contribution in [-0.2, 0) is 13.1 Å². The van der Waals surface area contributed by atoms with E-state index < -0.39 is 0 Å². The van der Waals surface area contributed by atoms with Crippen LogP contribution in [0.2, 0.25) is 5.02 Å². The topological polar surface area (TPSA) is 28.2 Å². The summed E-state index contributed by atoms with van der Waals surface area (Å²) in [5, 5.41) is 3.80. The second-order valence-corrected chi connectivity index (χ2v) is 5.97. The number of halogens is 2. The van der Waals surface area contributed by atoms with Gasteiger partial charge in [0.05, 0.1) is 5.02 Å². The molecule has 0 amide bonds. The lowest BCUT2D eigenvalue weighted by atomic mass is 10.2. The van der Waals surface area contributed by atoms with Crippen molar-refractivity contribution in [3.8, 4) is 0 Å². The largest absolute Gasteiger partial charge is 0.355 e. The van der Waals surface area contributed by atoms with Crippen molar-refractivity contribution in [2.24, 2.45) is 0 Å². The fourth-order valence-electron chi connectivity index (χ4n) is 1.99. The predicted octanol–water partition coefficient (Wildman–Crippen LogP) is 3.85. The van der Waals surface area contributed by atoms with E-state index in [9.17, 15) is 0 Å². The summed E-state index contributed by atoms with van der Waals surface area (Å²) >= 11 is 9.62. The third kappa shape index (κ3) is 3.95. The van der Waals surface area contributed by atoms with Crippen LogP contribution in [0, 0.1) is 0 Å². The van der Waals surface area contributed by atoms with Crippen LogP contribution in [0.1, 0.15) is 11.1 Å². The van der Waals surface area contributed by atoms with Crippen molar-refractivity contribution in [3.05, 3.63) is 57.2 Å². The first-order chi connectivity index (χ1) is 9.60. The zero-order chi connectivity index (χ0) is 14.5. The molecule has 0 radical (unpaired) electrons. The Morgan fingerprint density at radius 2 is 2.15 bits per heavy atom. The molecule has 0 unspecified atom stereocenters. The van der Waals surface area contributed by atoms with Gasteiger partial charge < -0.3 is 10.2 Å². The molecule has 1 aromatic carbocycles. The molecule has 0 spiro atoms. The van der Waals surface area contributed by atoms with Gasteiger partial charge in [-0.3, -0.25) is 0 Å². The number of hydrogen-bond acceptors (Lipinski definition) is 3. The van der Waals surface area contributed by atoms with E-state index in [1.54, 1.807) is 6.20 Å². The van der Waals surface area contributed by atoms with Crippen LogP contribution in [0.4, 0.5) is 5.82 Å². The zero-order valence-corrected chi connectivity index (χ0v) is 13.9. The van der Waals surface area contributed by atoms with E-state index in [1.165, 1.54) is 5.56 Å². The molecular formula is C15H17BrClN3. The summed E-state index contributed by atoms with van der Waals surface area (Å²) in [4.78, 5) is 6.50. The molecule has 0 aliphatic carbocycles. The molecule has 2 rings (SSSR count). The second-order valence-electron chi connectivity index (χ2n) is 4.65. The van der Waals surface area contributed by atoms with Crippen LogP contribution in [0.5, 0.6) is 0 Å². The van der Waals surface area contributed by atoms with Crippen LogP contribution in [0.25, 0.3) is 0 Å². The lowest BCUT2D eigenvalue weighted by Gasteiger charge is -2.19. The Hall–Kier alpha value is -1.10. The van der Waals surface area contributed by atoms with Crippen LogP contribution in [-0.4, -0.2) is 19.1 Å². The Morgan fingerprint density at radius 1 is 1.35 bits per heavy atom. The van der Waals surface area contributed by atoms with E-state index in [0.717, 1.165) is 28.9 Å². The van der Waals surface area contributed by atoms with Gasteiger partial charge in [0.2, 0.25) is 0 Å². The second kappa shape index (κ2) is 7.07. The maximum absolute atomic E-state index is 6.13. The van der Waals surface area contributed by atoms with E-state index in [2.05, 4.69) is 43.3 Å². The first kappa shape index (κ1) is 15.3. The smallest absolute Gasteiger partial charge is 0.128 e. The van der Waals surface area contributed by atoms with Crippen molar-refractivity contribution in [2.75, 3.05) is 19.0 Å². The van der Waals surface area contributed by atoms with Crippen molar-refractivity contribution in [3.63, 3.8) is 0 Å². The third-order valence-electron chi connectivity index (χ3n) is 2.99. The molecule has 0 fully saturated rings. The third-order valence-corrected chi connectivity index (χ3v) is 3.82. The Balaban J connectivity index is 2.16. The SMILES string of the molecule is CNCc1cc(N(C)Cc2cccc(Br)c2)ncc1Cl. The summed E-state index contributed by atoms with van der Waals surface area (Å²) in [5.41, 5.74) is 2.29. The molecule has 5 heteroatoms. The maximum Gasteiger partial charge on any atom is 0.128 e. The normalized spacial score (nSPS) is 10.6. The molecular weight excluding hydrogens is 338 g/mol. The Morgan fingerprint density at radius 3 is 2.85 bits per heavy atom. The molecule has 0 atom stereocenters. The van der Waals surface area contributed by atoms with Gasteiger partial charge in [0.15, 0.2) is 0 Å². The van der Waals surface area contributed by atoms with Gasteiger partial charge in [-0.15, -0.1) is 0 Å². The summed E-state index contributed by atoms with van der Waals surface area (Å²) in [6.07, 6.45) is 1.71. The predicted molar refractivity (Wildman–Crippen MR) is 88.3 cm³/mol. The molecule has 0 saturated carbocycles. The lowest BCUT2D eigenvalue weighted by Crippen LogP contribution is -2.18. The minimum absolute atomic E-state index is 0.693. The number of rotatable bonds is 5. The number of anilines is 1. The molecule has 1 heterocycles. The van der Waals surface area contributed by atoms with E-state index >= 15 is 0 Å². The van der Waals surface area contributed by atoms with E-state index in [-0.39, 0.29) is 0 Å². The van der Waals surface area contributed by atoms with Crippen LogP contribution in [0.3, 0.4) is 0 Å². The molecule has 0 aliphatic heterocycles. The highest BCUT2D eigenvalue weighted by Crippen LogP contribution is 2.21. The minimum Gasteiger partial charge on any atom is -0.355 e. The van der Waals surface area contributed by atoms with Crippen LogP contribution in [0.15, 0.2) is 41.0 Å². The van der Waals surface area contributed by atoms with Crippen molar-refractivity contribution in [1.29, 1.82) is 0 Å². The summed E-state index contributed by atoms with van der Waals surface area (Å²) < 4.78 is 1.09. The van der Waals surface area contributed by atoms with Crippen molar-refractivity contribution in [2.45, 2.75) is 13.1 Å². The molecule has 1 N–H and O–H groups in total. The van der Waals surface area contributed by atoms with Crippen molar-refractivity contribution < 1.29 is 0 Å². The minimum atomic E-state index is 0.693. The van der Waals surface area contributed by atoms with E-state index in [0.29, 0.717) is 5.02 Å². The van der Waals surface area contributed by atoms with Gasteiger partial charge in [-0.25, -0.2) is 4.98 Å². The van der Waals surface area contributed by atoms with Gasteiger partial charge in [-0.1, -0.05) is 39.7 Å². The highest BCUT2D eigenvalue weighted by atomic mass is 79.9. The van der Waals surface area contributed by atoms with Gasteiger partial charge in [0, 0.05) is 30.8 Å². The maximum atomic E-state index is 6.13. The van der Waals surface area contributed by atoms with Gasteiger partial charge in [0.1, 0.15) is 5.82 Å². The average Bonchev–Trinajstić information content (AvgIpc) is 2.41. The van der Waals surface area contributed by atoms with Gasteiger partial charge in [-0.2, -0.15) is 0 Å². The van der Waals surface area contributed by atoms with E-state index in [1.807, 2.05) is 32.3 Å². The summed E-state index contributed by atoms with van der Waals surface area (Å²) in [7, 11) is 3.93.